The molecule has 3 N–H and O–H groups in total. The fraction of sp³-hybridized carbons (Fsp3) is 0.611. The van der Waals surface area contributed by atoms with Gasteiger partial charge in [0.2, 0.25) is 0 Å². The normalized spacial score (nSPS) is 16.4. The highest BCUT2D eigenvalue weighted by atomic mass is 127. The van der Waals surface area contributed by atoms with Crippen LogP contribution >= 0.6 is 39.9 Å². The van der Waals surface area contributed by atoms with E-state index < -0.39 is 0 Å². The molecule has 1 saturated heterocycles. The maximum atomic E-state index is 6.00. The van der Waals surface area contributed by atoms with E-state index in [2.05, 4.69) is 63.2 Å². The number of benzene rings is 1. The molecule has 1 aromatic rings. The molecule has 0 bridgehead atoms. The fourth-order valence-corrected chi connectivity index (χ4v) is 3.08. The van der Waals surface area contributed by atoms with E-state index >= 15 is 0 Å². The van der Waals surface area contributed by atoms with Crippen molar-refractivity contribution in [2.75, 3.05) is 45.9 Å². The van der Waals surface area contributed by atoms with Crippen LogP contribution in [0, 0.1) is 0 Å². The number of nitrogens with two attached hydrogens (primary N) is 1. The van der Waals surface area contributed by atoms with Gasteiger partial charge in [-0.25, -0.2) is 0 Å². The van der Waals surface area contributed by atoms with Gasteiger partial charge in [-0.1, -0.05) is 41.9 Å². The van der Waals surface area contributed by atoms with Crippen molar-refractivity contribution in [3.63, 3.8) is 0 Å². The van der Waals surface area contributed by atoms with Gasteiger partial charge >= 0.3 is 0 Å². The summed E-state index contributed by atoms with van der Waals surface area (Å²) in [5.41, 5.74) is 7.20. The molecule has 0 unspecified atom stereocenters. The summed E-state index contributed by atoms with van der Waals surface area (Å²) in [6.07, 6.45) is 1.06. The van der Waals surface area contributed by atoms with Crippen molar-refractivity contribution in [3.8, 4) is 0 Å². The zero-order chi connectivity index (χ0) is 17.4. The highest BCUT2D eigenvalue weighted by Gasteiger charge is 2.20. The molecule has 25 heavy (non-hydrogen) atoms. The summed E-state index contributed by atoms with van der Waals surface area (Å²) in [5, 5.41) is 3.22. The van der Waals surface area contributed by atoms with Gasteiger partial charge in [0.1, 0.15) is 0 Å². The van der Waals surface area contributed by atoms with Gasteiger partial charge in [0, 0.05) is 29.5 Å². The Labute approximate surface area is 176 Å². The predicted molar refractivity (Wildman–Crippen MR) is 119 cm³/mol. The number of hydrogen-bond donors (Lipinski definition) is 2. The highest BCUT2D eigenvalue weighted by Crippen LogP contribution is 2.25. The van der Waals surface area contributed by atoms with Gasteiger partial charge in [-0.05, 0) is 30.7 Å². The van der Waals surface area contributed by atoms with E-state index in [1.165, 1.54) is 5.56 Å². The average Bonchev–Trinajstić information content (AvgIpc) is 2.58. The van der Waals surface area contributed by atoms with Gasteiger partial charge in [0.05, 0.1) is 19.8 Å². The summed E-state index contributed by atoms with van der Waals surface area (Å²) in [4.78, 5) is 6.95. The number of aliphatic imine (C=N–C) groups is 1. The molecule has 0 saturated carbocycles. The Morgan fingerprint density at radius 3 is 2.76 bits per heavy atom. The summed E-state index contributed by atoms with van der Waals surface area (Å²) in [6.45, 7) is 10.7. The summed E-state index contributed by atoms with van der Waals surface area (Å²) < 4.78 is 6.44. The monoisotopic (exact) mass is 524 g/mol. The van der Waals surface area contributed by atoms with E-state index in [1.807, 2.05) is 6.07 Å². The SMILES string of the molecule is CC(C)(CN=C(N)NCCCN1CCOCC1)c1cccc(Br)c1.I. The molecule has 1 heterocycles. The molecule has 1 aliphatic heterocycles. The number of halogens is 2. The molecule has 1 aromatic carbocycles. The second-order valence-electron chi connectivity index (χ2n) is 6.83. The Kier molecular flexibility index (Phi) is 10.3. The highest BCUT2D eigenvalue weighted by molar-refractivity contribution is 14.0. The minimum Gasteiger partial charge on any atom is -0.379 e. The smallest absolute Gasteiger partial charge is 0.188 e. The number of nitrogens with one attached hydrogen (secondary N) is 1. The molecule has 1 fully saturated rings. The van der Waals surface area contributed by atoms with Gasteiger partial charge in [0.15, 0.2) is 5.96 Å². The van der Waals surface area contributed by atoms with E-state index in [0.29, 0.717) is 12.5 Å². The molecule has 0 atom stereocenters. The zero-order valence-corrected chi connectivity index (χ0v) is 19.0. The van der Waals surface area contributed by atoms with Crippen molar-refractivity contribution < 1.29 is 4.74 Å². The number of hydrogen-bond acceptors (Lipinski definition) is 3. The number of nitrogens with zero attached hydrogens (tertiary/aromatic N) is 2. The third-order valence-electron chi connectivity index (χ3n) is 4.31. The van der Waals surface area contributed by atoms with Crippen LogP contribution in [0.1, 0.15) is 25.8 Å². The maximum absolute atomic E-state index is 6.00. The Morgan fingerprint density at radius 1 is 1.36 bits per heavy atom. The Morgan fingerprint density at radius 2 is 2.08 bits per heavy atom. The lowest BCUT2D eigenvalue weighted by molar-refractivity contribution is 0.0376. The minimum atomic E-state index is -0.0517. The molecule has 2 rings (SSSR count). The van der Waals surface area contributed by atoms with Gasteiger partial charge in [-0.3, -0.25) is 9.89 Å². The van der Waals surface area contributed by atoms with Crippen LogP contribution in [0.15, 0.2) is 33.7 Å². The first-order chi connectivity index (χ1) is 11.5. The average molecular weight is 525 g/mol. The van der Waals surface area contributed by atoms with Crippen molar-refractivity contribution in [3.05, 3.63) is 34.3 Å². The van der Waals surface area contributed by atoms with E-state index in [-0.39, 0.29) is 29.4 Å². The molecule has 0 spiro atoms. The number of guanidine groups is 1. The summed E-state index contributed by atoms with van der Waals surface area (Å²) in [6, 6.07) is 8.36. The Hall–Kier alpha value is -0.380. The van der Waals surface area contributed by atoms with Gasteiger partial charge in [0.25, 0.3) is 0 Å². The molecule has 1 aliphatic rings. The second kappa shape index (κ2) is 11.4. The van der Waals surface area contributed by atoms with Crippen molar-refractivity contribution in [1.82, 2.24) is 10.2 Å². The lowest BCUT2D eigenvalue weighted by Gasteiger charge is -2.26. The van der Waals surface area contributed by atoms with E-state index in [0.717, 1.165) is 50.3 Å². The van der Waals surface area contributed by atoms with Crippen LogP contribution in [0.25, 0.3) is 0 Å². The van der Waals surface area contributed by atoms with Crippen LogP contribution in [0.5, 0.6) is 0 Å². The van der Waals surface area contributed by atoms with Crippen LogP contribution in [0.3, 0.4) is 0 Å². The number of rotatable bonds is 7. The molecule has 5 nitrogen and oxygen atoms in total. The number of ether oxygens (including phenoxy) is 1. The summed E-state index contributed by atoms with van der Waals surface area (Å²) >= 11 is 3.52. The maximum Gasteiger partial charge on any atom is 0.188 e. The fourth-order valence-electron chi connectivity index (χ4n) is 2.68. The van der Waals surface area contributed by atoms with Crippen LogP contribution < -0.4 is 11.1 Å². The van der Waals surface area contributed by atoms with Crippen LogP contribution in [-0.2, 0) is 10.2 Å². The van der Waals surface area contributed by atoms with Gasteiger partial charge in [-0.15, -0.1) is 24.0 Å². The predicted octanol–water partition coefficient (Wildman–Crippen LogP) is 2.97. The first-order valence-corrected chi connectivity index (χ1v) is 9.36. The Bertz CT molecular complexity index is 548. The van der Waals surface area contributed by atoms with Crippen molar-refractivity contribution >= 4 is 45.9 Å². The van der Waals surface area contributed by atoms with E-state index in [4.69, 9.17) is 10.5 Å². The lowest BCUT2D eigenvalue weighted by Crippen LogP contribution is -2.39. The van der Waals surface area contributed by atoms with Crippen LogP contribution in [0.2, 0.25) is 0 Å². The van der Waals surface area contributed by atoms with Crippen LogP contribution in [0.4, 0.5) is 0 Å². The van der Waals surface area contributed by atoms with Gasteiger partial charge in [-0.2, -0.15) is 0 Å². The van der Waals surface area contributed by atoms with Crippen molar-refractivity contribution in [2.45, 2.75) is 25.7 Å². The van der Waals surface area contributed by atoms with Crippen molar-refractivity contribution in [2.24, 2.45) is 10.7 Å². The molecule has 0 amide bonds. The minimum absolute atomic E-state index is 0. The standard InChI is InChI=1S/C18H29BrN4O.HI/c1-18(2,15-5-3-6-16(19)13-15)14-22-17(20)21-7-4-8-23-9-11-24-12-10-23;/h3,5-6,13H,4,7-12,14H2,1-2H3,(H3,20,21,22);1H. The first kappa shape index (κ1) is 22.7. The number of morpholine rings is 1. The second-order valence-corrected chi connectivity index (χ2v) is 7.75. The third-order valence-corrected chi connectivity index (χ3v) is 4.80. The first-order valence-electron chi connectivity index (χ1n) is 8.57. The third kappa shape index (κ3) is 8.23. The molecule has 0 radical (unpaired) electrons. The molecule has 0 aromatic heterocycles. The summed E-state index contributed by atoms with van der Waals surface area (Å²) in [7, 11) is 0. The van der Waals surface area contributed by atoms with Crippen LogP contribution in [-0.4, -0.2) is 56.8 Å². The quantitative estimate of drug-likeness (QED) is 0.249. The molecule has 142 valence electrons. The van der Waals surface area contributed by atoms with E-state index in [1.54, 1.807) is 0 Å². The van der Waals surface area contributed by atoms with Gasteiger partial charge < -0.3 is 15.8 Å². The zero-order valence-electron chi connectivity index (χ0n) is 15.1. The summed E-state index contributed by atoms with van der Waals surface area (Å²) in [5.74, 6) is 0.528. The molecular weight excluding hydrogens is 495 g/mol. The van der Waals surface area contributed by atoms with Crippen molar-refractivity contribution in [1.29, 1.82) is 0 Å². The molecular formula is C18H30BrIN4O. The molecule has 7 heteroatoms. The Balaban J connectivity index is 0.00000312. The topological polar surface area (TPSA) is 62.9 Å². The molecule has 0 aliphatic carbocycles. The van der Waals surface area contributed by atoms with E-state index in [9.17, 15) is 0 Å². The lowest BCUT2D eigenvalue weighted by atomic mass is 9.85. The largest absolute Gasteiger partial charge is 0.379 e.